The van der Waals surface area contributed by atoms with Crippen molar-refractivity contribution in [1.82, 2.24) is 14.5 Å². The Hall–Kier alpha value is -5.57. The minimum atomic E-state index is -2.57. The summed E-state index contributed by atoms with van der Waals surface area (Å²) in [4.78, 5) is 10.5. The van der Waals surface area contributed by atoms with Crippen LogP contribution in [0.4, 0.5) is 0 Å². The van der Waals surface area contributed by atoms with Crippen LogP contribution in [0.1, 0.15) is 149 Å². The Morgan fingerprint density at radius 2 is 1.19 bits per heavy atom. The van der Waals surface area contributed by atoms with Gasteiger partial charge < -0.3 is 5.11 Å². The molecule has 8 rings (SSSR count). The number of rotatable bonds is 8. The molecule has 0 saturated carbocycles. The summed E-state index contributed by atoms with van der Waals surface area (Å²) in [7, 11) is 0. The standard InChI is InChI=1S/C62H68N3O.Pt/c1-37(2)49-32-43(41-23-17-16-18-24-41)33-50(38(3)4)57(49)65-54-26-20-25-48(56(54)64-59(65)51-35-47(61(10,11)12)36-52(58(51)66)62(13,14)15)44-29-45(31-46(30-44)60(7,8)9)53-34-42(27-28-63-53)55-39(5)21-19-22-40(55)6;/h16-28,30-38,66H,1-15H3;/q-1;/i5D3,6D3;. The molecular weight excluding hydrogens is 998 g/mol. The SMILES string of the molecule is [2H]C([2H])([2H])c1cccc(C([2H])([2H])[2H])c1-c1ccnc(-c2[c-]c(-c3cccc4c3nc(-c3cc(C(C)(C)C)cc(C(C)(C)C)c3O)n4-c3c(C(C)C)cc(-c4ccccc4)cc3C(C)C)cc(C(C)(C)C)c2)c1.[Pt]. The summed E-state index contributed by atoms with van der Waals surface area (Å²) in [5.74, 6) is 1.05. The second-order valence-electron chi connectivity index (χ2n) is 21.6. The van der Waals surface area contributed by atoms with E-state index in [2.05, 4.69) is 180 Å². The molecule has 67 heavy (non-hydrogen) atoms. The van der Waals surface area contributed by atoms with Gasteiger partial charge in [0.2, 0.25) is 0 Å². The van der Waals surface area contributed by atoms with E-state index in [9.17, 15) is 5.11 Å². The first-order valence-electron chi connectivity index (χ1n) is 26.3. The van der Waals surface area contributed by atoms with Crippen molar-refractivity contribution in [3.05, 3.63) is 166 Å². The van der Waals surface area contributed by atoms with Gasteiger partial charge in [-0.15, -0.1) is 29.3 Å². The van der Waals surface area contributed by atoms with Crippen molar-refractivity contribution in [2.45, 2.75) is 132 Å². The molecule has 4 nitrogen and oxygen atoms in total. The molecule has 2 heterocycles. The van der Waals surface area contributed by atoms with Crippen molar-refractivity contribution in [2.75, 3.05) is 0 Å². The van der Waals surface area contributed by atoms with Crippen LogP contribution in [-0.4, -0.2) is 19.6 Å². The maximum absolute atomic E-state index is 12.7. The van der Waals surface area contributed by atoms with Crippen LogP contribution in [0.15, 0.2) is 121 Å². The quantitative estimate of drug-likeness (QED) is 0.154. The second kappa shape index (κ2) is 18.5. The third-order valence-corrected chi connectivity index (χ3v) is 12.9. The molecule has 0 fully saturated rings. The van der Waals surface area contributed by atoms with Crippen molar-refractivity contribution in [3.63, 3.8) is 0 Å². The number of benzene rings is 6. The van der Waals surface area contributed by atoms with Crippen LogP contribution < -0.4 is 0 Å². The zero-order chi connectivity index (χ0) is 52.6. The summed E-state index contributed by atoms with van der Waals surface area (Å²) in [6, 6.07) is 41.5. The van der Waals surface area contributed by atoms with Crippen molar-refractivity contribution in [2.24, 2.45) is 0 Å². The number of fused-ring (bicyclic) bond motifs is 1. The number of imidazole rings is 1. The molecule has 6 aromatic carbocycles. The Labute approximate surface area is 423 Å². The van der Waals surface area contributed by atoms with E-state index in [0.717, 1.165) is 66.8 Å². The van der Waals surface area contributed by atoms with Crippen molar-refractivity contribution >= 4 is 11.0 Å². The largest absolute Gasteiger partial charge is 0.507 e. The number of aryl methyl sites for hydroxylation is 2. The molecule has 0 spiro atoms. The minimum Gasteiger partial charge on any atom is -0.507 e. The van der Waals surface area contributed by atoms with Crippen LogP contribution in [0, 0.1) is 19.8 Å². The number of hydrogen-bond acceptors (Lipinski definition) is 3. The smallest absolute Gasteiger partial charge is 0.148 e. The number of para-hydroxylation sites is 1. The summed E-state index contributed by atoms with van der Waals surface area (Å²) >= 11 is 0. The minimum absolute atomic E-state index is 0. The fourth-order valence-corrected chi connectivity index (χ4v) is 9.03. The fourth-order valence-electron chi connectivity index (χ4n) is 9.03. The van der Waals surface area contributed by atoms with Crippen LogP contribution in [0.2, 0.25) is 0 Å². The summed E-state index contributed by atoms with van der Waals surface area (Å²) in [5, 5.41) is 12.7. The topological polar surface area (TPSA) is 50.9 Å². The molecular formula is C62H68N3OPt-. The van der Waals surface area contributed by atoms with Crippen LogP contribution in [0.3, 0.4) is 0 Å². The zero-order valence-corrected chi connectivity index (χ0v) is 43.6. The van der Waals surface area contributed by atoms with E-state index in [1.807, 2.05) is 6.07 Å². The second-order valence-corrected chi connectivity index (χ2v) is 21.6. The first-order chi connectivity index (χ1) is 33.4. The van der Waals surface area contributed by atoms with Crippen molar-refractivity contribution in [1.29, 1.82) is 0 Å². The summed E-state index contributed by atoms with van der Waals surface area (Å²) in [5.41, 5.74) is 13.1. The van der Waals surface area contributed by atoms with Gasteiger partial charge >= 0.3 is 0 Å². The molecule has 0 amide bonds. The predicted molar refractivity (Wildman–Crippen MR) is 280 cm³/mol. The molecule has 0 bridgehead atoms. The molecule has 0 aliphatic carbocycles. The Balaban J connectivity index is 0.00000780. The molecule has 348 valence electrons. The first-order valence-corrected chi connectivity index (χ1v) is 23.3. The number of nitrogens with zero attached hydrogens (tertiary/aromatic N) is 3. The normalized spacial score (nSPS) is 14.0. The number of aromatic nitrogens is 3. The molecule has 0 unspecified atom stereocenters. The van der Waals surface area contributed by atoms with Gasteiger partial charge in [-0.1, -0.05) is 174 Å². The maximum atomic E-state index is 12.7. The zero-order valence-electron chi connectivity index (χ0n) is 47.3. The third-order valence-electron chi connectivity index (χ3n) is 12.9. The van der Waals surface area contributed by atoms with Crippen molar-refractivity contribution < 1.29 is 34.4 Å². The van der Waals surface area contributed by atoms with Crippen LogP contribution in [0.25, 0.3) is 72.7 Å². The molecule has 1 N–H and O–H groups in total. The van der Waals surface area contributed by atoms with Gasteiger partial charge in [-0.3, -0.25) is 9.55 Å². The molecule has 0 atom stereocenters. The van der Waals surface area contributed by atoms with Crippen LogP contribution in [-0.2, 0) is 37.3 Å². The molecule has 0 saturated heterocycles. The first kappa shape index (κ1) is 41.6. The van der Waals surface area contributed by atoms with E-state index >= 15 is 0 Å². The van der Waals surface area contributed by atoms with E-state index in [-0.39, 0.29) is 66.2 Å². The summed E-state index contributed by atoms with van der Waals surface area (Å²) < 4.78 is 52.7. The van der Waals surface area contributed by atoms with E-state index in [1.165, 1.54) is 18.2 Å². The molecule has 0 radical (unpaired) electrons. The Morgan fingerprint density at radius 1 is 0.597 bits per heavy atom. The van der Waals surface area contributed by atoms with Gasteiger partial charge in [-0.25, -0.2) is 4.98 Å². The van der Waals surface area contributed by atoms with Gasteiger partial charge in [0, 0.05) is 46.7 Å². The molecule has 0 aliphatic rings. The number of phenolic OH excluding ortho intramolecular Hbond substituents is 1. The number of aromatic hydroxyl groups is 1. The summed E-state index contributed by atoms with van der Waals surface area (Å²) in [6.45, 7) is 23.3. The summed E-state index contributed by atoms with van der Waals surface area (Å²) in [6.07, 6.45) is 1.60. The molecule has 0 aliphatic heterocycles. The van der Waals surface area contributed by atoms with Gasteiger partial charge in [0.1, 0.15) is 11.6 Å². The number of phenols is 1. The third kappa shape index (κ3) is 9.62. The maximum Gasteiger partial charge on any atom is 0.148 e. The predicted octanol–water partition coefficient (Wildman–Crippen LogP) is 17.0. The van der Waals surface area contributed by atoms with E-state index in [0.29, 0.717) is 28.2 Å². The van der Waals surface area contributed by atoms with Gasteiger partial charge in [0.15, 0.2) is 0 Å². The van der Waals surface area contributed by atoms with Crippen LogP contribution in [0.5, 0.6) is 5.75 Å². The average molecular weight is 1070 g/mol. The average Bonchev–Trinajstić information content (AvgIpc) is 3.68. The van der Waals surface area contributed by atoms with Gasteiger partial charge in [0.25, 0.3) is 0 Å². The molecule has 8 aromatic rings. The monoisotopic (exact) mass is 1070 g/mol. The Bertz CT molecular complexity index is 3280. The van der Waals surface area contributed by atoms with E-state index in [4.69, 9.17) is 18.2 Å². The van der Waals surface area contributed by atoms with Crippen molar-refractivity contribution in [3.8, 4) is 67.5 Å². The van der Waals surface area contributed by atoms with Gasteiger partial charge in [0.05, 0.1) is 22.3 Å². The number of pyridine rings is 1. The Kier molecular flexibility index (Phi) is 11.5. The fraction of sp³-hybridized carbons (Fsp3) is 0.323. The Morgan fingerprint density at radius 3 is 1.78 bits per heavy atom. The van der Waals surface area contributed by atoms with Gasteiger partial charge in [-0.05, 0) is 122 Å². The van der Waals surface area contributed by atoms with E-state index in [1.54, 1.807) is 18.3 Å². The number of hydrogen-bond donors (Lipinski definition) is 1. The van der Waals surface area contributed by atoms with Gasteiger partial charge in [-0.2, -0.15) is 0 Å². The molecule has 2 aromatic heterocycles. The van der Waals surface area contributed by atoms with E-state index < -0.39 is 19.1 Å². The molecule has 5 heteroatoms. The van der Waals surface area contributed by atoms with Crippen LogP contribution >= 0.6 is 0 Å².